The highest BCUT2D eigenvalue weighted by molar-refractivity contribution is 5.12. The van der Waals surface area contributed by atoms with Crippen molar-refractivity contribution in [3.63, 3.8) is 0 Å². The van der Waals surface area contributed by atoms with Crippen LogP contribution in [0.4, 0.5) is 0 Å². The van der Waals surface area contributed by atoms with Crippen LogP contribution in [0.2, 0.25) is 0 Å². The summed E-state index contributed by atoms with van der Waals surface area (Å²) >= 11 is 0. The summed E-state index contributed by atoms with van der Waals surface area (Å²) in [6.45, 7) is 4.20. The fourth-order valence-corrected chi connectivity index (χ4v) is 0.583. The highest BCUT2D eigenvalue weighted by Crippen LogP contribution is 2.04. The van der Waals surface area contributed by atoms with Crippen molar-refractivity contribution in [3.05, 3.63) is 11.1 Å². The second-order valence-electron chi connectivity index (χ2n) is 2.34. The maximum Gasteiger partial charge on any atom is 0.124 e. The minimum atomic E-state index is -0.852. The Balaban J connectivity index is 4.05. The molecule has 0 aromatic rings. The van der Waals surface area contributed by atoms with E-state index in [1.54, 1.807) is 14.0 Å². The van der Waals surface area contributed by atoms with Gasteiger partial charge in [0.25, 0.3) is 0 Å². The first-order valence-electron chi connectivity index (χ1n) is 3.18. The molecule has 3 nitrogen and oxygen atoms in total. The van der Waals surface area contributed by atoms with E-state index >= 15 is 0 Å². The van der Waals surface area contributed by atoms with Crippen LogP contribution in [0.5, 0.6) is 0 Å². The van der Waals surface area contributed by atoms with Gasteiger partial charge in [0.1, 0.15) is 6.23 Å². The third kappa shape index (κ3) is 2.96. The Hall–Kier alpha value is -0.380. The van der Waals surface area contributed by atoms with Crippen molar-refractivity contribution in [2.75, 3.05) is 13.7 Å². The first-order valence-corrected chi connectivity index (χ1v) is 3.18. The van der Waals surface area contributed by atoms with E-state index in [-0.39, 0.29) is 0 Å². The number of hydrogen-bond acceptors (Lipinski definition) is 3. The van der Waals surface area contributed by atoms with E-state index in [0.29, 0.717) is 6.61 Å². The summed E-state index contributed by atoms with van der Waals surface area (Å²) in [4.78, 5) is 0. The summed E-state index contributed by atoms with van der Waals surface area (Å²) in [5.41, 5.74) is 6.97. The quantitative estimate of drug-likeness (QED) is 0.442. The van der Waals surface area contributed by atoms with E-state index in [0.717, 1.165) is 11.1 Å². The van der Waals surface area contributed by atoms with Crippen LogP contribution in [0, 0.1) is 0 Å². The molecule has 0 saturated heterocycles. The molecule has 0 aromatic heterocycles. The minimum absolute atomic E-state index is 0.528. The maximum absolute atomic E-state index is 8.88. The van der Waals surface area contributed by atoms with Crippen LogP contribution >= 0.6 is 0 Å². The molecular weight excluding hydrogens is 130 g/mol. The molecule has 0 bridgehead atoms. The van der Waals surface area contributed by atoms with Gasteiger partial charge in [0.15, 0.2) is 0 Å². The van der Waals surface area contributed by atoms with Crippen molar-refractivity contribution in [1.82, 2.24) is 0 Å². The Morgan fingerprint density at radius 2 is 2.10 bits per heavy atom. The van der Waals surface area contributed by atoms with Gasteiger partial charge in [-0.25, -0.2) is 0 Å². The molecule has 0 amide bonds. The summed E-state index contributed by atoms with van der Waals surface area (Å²) in [5.74, 6) is 0. The normalized spacial score (nSPS) is 16.5. The molecule has 0 aromatic carbocycles. The lowest BCUT2D eigenvalue weighted by Crippen LogP contribution is -2.21. The smallest absolute Gasteiger partial charge is 0.124 e. The zero-order valence-corrected chi connectivity index (χ0v) is 6.72. The summed E-state index contributed by atoms with van der Waals surface area (Å²) in [6.07, 6.45) is -0.852. The molecule has 3 N–H and O–H groups in total. The molecule has 3 heteroatoms. The van der Waals surface area contributed by atoms with Gasteiger partial charge in [0, 0.05) is 7.11 Å². The molecule has 10 heavy (non-hydrogen) atoms. The molecule has 0 heterocycles. The number of rotatable bonds is 3. The van der Waals surface area contributed by atoms with Crippen LogP contribution in [-0.4, -0.2) is 25.1 Å². The standard InChI is InChI=1S/C7H15NO2/c1-5(4-10-3)6(2)7(8)9/h7,9H,4,8H2,1-3H3/b6-5-. The Morgan fingerprint density at radius 3 is 2.40 bits per heavy atom. The Morgan fingerprint density at radius 1 is 1.60 bits per heavy atom. The van der Waals surface area contributed by atoms with E-state index in [2.05, 4.69) is 0 Å². The largest absolute Gasteiger partial charge is 0.380 e. The maximum atomic E-state index is 8.88. The number of hydrogen-bond donors (Lipinski definition) is 2. The van der Waals surface area contributed by atoms with Crippen molar-refractivity contribution in [1.29, 1.82) is 0 Å². The zero-order chi connectivity index (χ0) is 8.15. The molecule has 0 saturated carbocycles. The third-order valence-electron chi connectivity index (χ3n) is 1.48. The average molecular weight is 145 g/mol. The van der Waals surface area contributed by atoms with Crippen molar-refractivity contribution in [3.8, 4) is 0 Å². The number of nitrogens with two attached hydrogens (primary N) is 1. The zero-order valence-electron chi connectivity index (χ0n) is 6.72. The lowest BCUT2D eigenvalue weighted by Gasteiger charge is -2.08. The molecule has 0 fully saturated rings. The number of ether oxygens (including phenoxy) is 1. The fraction of sp³-hybridized carbons (Fsp3) is 0.714. The van der Waals surface area contributed by atoms with Crippen LogP contribution in [0.1, 0.15) is 13.8 Å². The van der Waals surface area contributed by atoms with Gasteiger partial charge in [-0.1, -0.05) is 0 Å². The van der Waals surface area contributed by atoms with E-state index in [1.807, 2.05) is 6.92 Å². The predicted molar refractivity (Wildman–Crippen MR) is 40.4 cm³/mol. The van der Waals surface area contributed by atoms with Gasteiger partial charge in [-0.15, -0.1) is 0 Å². The van der Waals surface area contributed by atoms with Crippen LogP contribution < -0.4 is 5.73 Å². The lowest BCUT2D eigenvalue weighted by molar-refractivity contribution is 0.204. The minimum Gasteiger partial charge on any atom is -0.380 e. The predicted octanol–water partition coefficient (Wildman–Crippen LogP) is 0.246. The van der Waals surface area contributed by atoms with Crippen molar-refractivity contribution < 1.29 is 9.84 Å². The second kappa shape index (κ2) is 4.44. The molecule has 0 aliphatic carbocycles. The third-order valence-corrected chi connectivity index (χ3v) is 1.48. The van der Waals surface area contributed by atoms with Gasteiger partial charge in [-0.3, -0.25) is 0 Å². The van der Waals surface area contributed by atoms with Crippen molar-refractivity contribution >= 4 is 0 Å². The van der Waals surface area contributed by atoms with Crippen LogP contribution in [0.3, 0.4) is 0 Å². The summed E-state index contributed by atoms with van der Waals surface area (Å²) < 4.78 is 4.85. The second-order valence-corrected chi connectivity index (χ2v) is 2.34. The van der Waals surface area contributed by atoms with Gasteiger partial charge in [0.2, 0.25) is 0 Å². The Bertz CT molecular complexity index is 130. The van der Waals surface area contributed by atoms with Crippen LogP contribution in [0.15, 0.2) is 11.1 Å². The van der Waals surface area contributed by atoms with E-state index in [4.69, 9.17) is 15.6 Å². The summed E-state index contributed by atoms with van der Waals surface area (Å²) in [7, 11) is 1.61. The van der Waals surface area contributed by atoms with E-state index in [9.17, 15) is 0 Å². The van der Waals surface area contributed by atoms with Gasteiger partial charge >= 0.3 is 0 Å². The molecule has 1 unspecified atom stereocenters. The molecular formula is C7H15NO2. The Labute approximate surface area is 61.5 Å². The first-order chi connectivity index (χ1) is 4.59. The monoisotopic (exact) mass is 145 g/mol. The van der Waals surface area contributed by atoms with Gasteiger partial charge < -0.3 is 15.6 Å². The molecule has 0 aliphatic rings. The van der Waals surface area contributed by atoms with Gasteiger partial charge in [-0.05, 0) is 25.0 Å². The van der Waals surface area contributed by atoms with Crippen molar-refractivity contribution in [2.24, 2.45) is 5.73 Å². The SMILES string of the molecule is COC/C(C)=C(/C)C(N)O. The molecule has 1 atom stereocenters. The number of aliphatic hydroxyl groups is 1. The first kappa shape index (κ1) is 9.62. The lowest BCUT2D eigenvalue weighted by atomic mass is 10.1. The molecule has 0 rings (SSSR count). The summed E-state index contributed by atoms with van der Waals surface area (Å²) in [6, 6.07) is 0. The van der Waals surface area contributed by atoms with Crippen LogP contribution in [-0.2, 0) is 4.74 Å². The molecule has 0 spiro atoms. The number of methoxy groups -OCH3 is 1. The van der Waals surface area contributed by atoms with Crippen molar-refractivity contribution in [2.45, 2.75) is 20.1 Å². The summed E-state index contributed by atoms with van der Waals surface area (Å²) in [5, 5.41) is 8.88. The van der Waals surface area contributed by atoms with Gasteiger partial charge in [-0.2, -0.15) is 0 Å². The van der Waals surface area contributed by atoms with E-state index < -0.39 is 6.23 Å². The molecule has 0 aliphatic heterocycles. The molecule has 60 valence electrons. The Kier molecular flexibility index (Phi) is 4.27. The highest BCUT2D eigenvalue weighted by Gasteiger charge is 2.01. The topological polar surface area (TPSA) is 55.5 Å². The van der Waals surface area contributed by atoms with E-state index in [1.165, 1.54) is 0 Å². The number of aliphatic hydroxyl groups excluding tert-OH is 1. The van der Waals surface area contributed by atoms with Crippen LogP contribution in [0.25, 0.3) is 0 Å². The fourth-order valence-electron chi connectivity index (χ4n) is 0.583. The molecule has 0 radical (unpaired) electrons. The van der Waals surface area contributed by atoms with Gasteiger partial charge in [0.05, 0.1) is 6.61 Å². The average Bonchev–Trinajstić information content (AvgIpc) is 1.87. The highest BCUT2D eigenvalue weighted by atomic mass is 16.5.